The van der Waals surface area contributed by atoms with Gasteiger partial charge in [0.1, 0.15) is 15.3 Å². The van der Waals surface area contributed by atoms with Crippen LogP contribution >= 0.6 is 39.7 Å². The first-order valence-corrected chi connectivity index (χ1v) is 8.19. The molecule has 3 heterocycles. The van der Waals surface area contributed by atoms with E-state index in [1.165, 1.54) is 11.3 Å². The van der Waals surface area contributed by atoms with Gasteiger partial charge in [0, 0.05) is 37.1 Å². The Bertz CT molecular complexity index is 674. The molecule has 6 nitrogen and oxygen atoms in total. The van der Waals surface area contributed by atoms with Crippen LogP contribution < -0.4 is 16.0 Å². The molecular formula is C13H15BrClN5OS. The maximum atomic E-state index is 11.6. The fraction of sp³-hybridized carbons (Fsp3) is 0.308. The molecule has 3 N–H and O–H groups in total. The smallest absolute Gasteiger partial charge is 0.268 e. The van der Waals surface area contributed by atoms with Crippen LogP contribution in [0.3, 0.4) is 0 Å². The summed E-state index contributed by atoms with van der Waals surface area (Å²) in [5.74, 6) is -0.539. The zero-order chi connectivity index (χ0) is 14.8. The van der Waals surface area contributed by atoms with E-state index in [4.69, 9.17) is 5.73 Å². The molecule has 0 atom stereocenters. The molecular weight excluding hydrogens is 390 g/mol. The third-order valence-electron chi connectivity index (χ3n) is 3.30. The number of halogens is 2. The summed E-state index contributed by atoms with van der Waals surface area (Å²) in [7, 11) is 0. The van der Waals surface area contributed by atoms with E-state index in [1.807, 2.05) is 11.4 Å². The standard InChI is InChI=1S/C13H14BrN5OS.ClH/c14-10-7-21-13(18-10)9-5-8(6-17-11(9)12(15)20)19-3-1-16-2-4-19;/h5-7,16H,1-4H2,(H2,15,20);1H. The van der Waals surface area contributed by atoms with E-state index in [1.54, 1.807) is 6.20 Å². The van der Waals surface area contributed by atoms with Gasteiger partial charge in [-0.25, -0.2) is 9.97 Å². The molecule has 0 unspecified atom stereocenters. The molecule has 1 fully saturated rings. The molecule has 9 heteroatoms. The molecule has 1 aliphatic heterocycles. The Morgan fingerprint density at radius 2 is 2.14 bits per heavy atom. The average molecular weight is 405 g/mol. The lowest BCUT2D eigenvalue weighted by Crippen LogP contribution is -2.43. The van der Waals surface area contributed by atoms with Gasteiger partial charge in [-0.05, 0) is 22.0 Å². The summed E-state index contributed by atoms with van der Waals surface area (Å²) in [6.07, 6.45) is 1.71. The predicted molar refractivity (Wildman–Crippen MR) is 93.9 cm³/mol. The van der Waals surface area contributed by atoms with Gasteiger partial charge in [-0.3, -0.25) is 4.79 Å². The van der Waals surface area contributed by atoms with Crippen molar-refractivity contribution in [3.63, 3.8) is 0 Å². The number of carbonyl (C=O) groups excluding carboxylic acids is 1. The number of piperazine rings is 1. The van der Waals surface area contributed by atoms with Crippen LogP contribution in [0.15, 0.2) is 22.2 Å². The molecule has 22 heavy (non-hydrogen) atoms. The van der Waals surface area contributed by atoms with Gasteiger partial charge in [0.25, 0.3) is 5.91 Å². The Balaban J connectivity index is 0.00000176. The minimum Gasteiger partial charge on any atom is -0.368 e. The largest absolute Gasteiger partial charge is 0.368 e. The Kier molecular flexibility index (Phi) is 5.74. The molecule has 3 rings (SSSR count). The van der Waals surface area contributed by atoms with E-state index in [0.717, 1.165) is 41.5 Å². The van der Waals surface area contributed by atoms with E-state index >= 15 is 0 Å². The number of pyridine rings is 1. The fourth-order valence-electron chi connectivity index (χ4n) is 2.29. The topological polar surface area (TPSA) is 84.1 Å². The van der Waals surface area contributed by atoms with Crippen molar-refractivity contribution in [3.8, 4) is 10.6 Å². The normalized spacial score (nSPS) is 14.5. The van der Waals surface area contributed by atoms with E-state index in [0.29, 0.717) is 5.56 Å². The van der Waals surface area contributed by atoms with Crippen LogP contribution in [0.4, 0.5) is 5.69 Å². The molecule has 2 aromatic rings. The Morgan fingerprint density at radius 1 is 1.41 bits per heavy atom. The summed E-state index contributed by atoms with van der Waals surface area (Å²) in [5, 5.41) is 5.92. The first-order chi connectivity index (χ1) is 10.1. The lowest BCUT2D eigenvalue weighted by Gasteiger charge is -2.29. The Labute approximate surface area is 146 Å². The zero-order valence-electron chi connectivity index (χ0n) is 11.6. The molecule has 0 aliphatic carbocycles. The molecule has 0 saturated carbocycles. The van der Waals surface area contributed by atoms with Crippen LogP contribution in [-0.4, -0.2) is 42.1 Å². The van der Waals surface area contributed by atoms with Gasteiger partial charge in [-0.1, -0.05) is 0 Å². The third-order valence-corrected chi connectivity index (χ3v) is 4.88. The van der Waals surface area contributed by atoms with E-state index in [-0.39, 0.29) is 18.1 Å². The predicted octanol–water partition coefficient (Wildman–Crippen LogP) is 1.90. The van der Waals surface area contributed by atoms with Crippen molar-refractivity contribution in [2.45, 2.75) is 0 Å². The minimum atomic E-state index is -0.539. The summed E-state index contributed by atoms with van der Waals surface area (Å²) >= 11 is 4.78. The summed E-state index contributed by atoms with van der Waals surface area (Å²) in [6.45, 7) is 3.71. The van der Waals surface area contributed by atoms with Crippen molar-refractivity contribution in [2.75, 3.05) is 31.1 Å². The second-order valence-electron chi connectivity index (χ2n) is 4.67. The van der Waals surface area contributed by atoms with Crippen LogP contribution in [0, 0.1) is 0 Å². The molecule has 1 amide bonds. The van der Waals surface area contributed by atoms with Gasteiger partial charge in [0.05, 0.1) is 11.9 Å². The number of rotatable bonds is 3. The monoisotopic (exact) mass is 403 g/mol. The molecule has 1 saturated heterocycles. The fourth-order valence-corrected chi connectivity index (χ4v) is 3.56. The molecule has 0 aromatic carbocycles. The average Bonchev–Trinajstić information content (AvgIpc) is 2.94. The maximum absolute atomic E-state index is 11.6. The number of thiazole rings is 1. The quantitative estimate of drug-likeness (QED) is 0.816. The molecule has 0 spiro atoms. The molecule has 2 aromatic heterocycles. The Morgan fingerprint density at radius 3 is 2.73 bits per heavy atom. The van der Waals surface area contributed by atoms with Crippen molar-refractivity contribution in [1.29, 1.82) is 0 Å². The number of nitrogens with two attached hydrogens (primary N) is 1. The summed E-state index contributed by atoms with van der Waals surface area (Å²) < 4.78 is 0.741. The number of amides is 1. The highest BCUT2D eigenvalue weighted by atomic mass is 79.9. The summed E-state index contributed by atoms with van der Waals surface area (Å²) in [5.41, 5.74) is 7.37. The highest BCUT2D eigenvalue weighted by Crippen LogP contribution is 2.31. The molecule has 1 aliphatic rings. The van der Waals surface area contributed by atoms with Crippen molar-refractivity contribution in [1.82, 2.24) is 15.3 Å². The maximum Gasteiger partial charge on any atom is 0.268 e. The number of carbonyl (C=O) groups is 1. The zero-order valence-corrected chi connectivity index (χ0v) is 14.8. The number of hydrogen-bond acceptors (Lipinski definition) is 6. The molecule has 0 bridgehead atoms. The van der Waals surface area contributed by atoms with Gasteiger partial charge in [-0.2, -0.15) is 0 Å². The number of anilines is 1. The van der Waals surface area contributed by atoms with Crippen LogP contribution in [0.5, 0.6) is 0 Å². The van der Waals surface area contributed by atoms with Gasteiger partial charge < -0.3 is 16.0 Å². The van der Waals surface area contributed by atoms with Crippen molar-refractivity contribution < 1.29 is 4.79 Å². The highest BCUT2D eigenvalue weighted by Gasteiger charge is 2.18. The number of nitrogens with zero attached hydrogens (tertiary/aromatic N) is 3. The first kappa shape index (κ1) is 17.1. The van der Waals surface area contributed by atoms with Gasteiger partial charge >= 0.3 is 0 Å². The second-order valence-corrected chi connectivity index (χ2v) is 6.34. The van der Waals surface area contributed by atoms with Crippen LogP contribution in [0.1, 0.15) is 10.5 Å². The van der Waals surface area contributed by atoms with Crippen LogP contribution in [0.25, 0.3) is 10.6 Å². The van der Waals surface area contributed by atoms with Crippen LogP contribution in [-0.2, 0) is 0 Å². The summed E-state index contributed by atoms with van der Waals surface area (Å²) in [4.78, 5) is 22.4. The number of aromatic nitrogens is 2. The lowest BCUT2D eigenvalue weighted by molar-refractivity contribution is 0.0996. The second kappa shape index (κ2) is 7.36. The van der Waals surface area contributed by atoms with Crippen molar-refractivity contribution >= 4 is 51.3 Å². The van der Waals surface area contributed by atoms with E-state index in [9.17, 15) is 4.79 Å². The number of primary amides is 1. The van der Waals surface area contributed by atoms with Crippen molar-refractivity contribution in [3.05, 3.63) is 27.9 Å². The van der Waals surface area contributed by atoms with E-state index < -0.39 is 5.91 Å². The van der Waals surface area contributed by atoms with Gasteiger partial charge in [-0.15, -0.1) is 23.7 Å². The number of hydrogen-bond donors (Lipinski definition) is 2. The summed E-state index contributed by atoms with van der Waals surface area (Å²) in [6, 6.07) is 1.95. The minimum absolute atomic E-state index is 0. The van der Waals surface area contributed by atoms with Crippen molar-refractivity contribution in [2.24, 2.45) is 5.73 Å². The Hall–Kier alpha value is -1.22. The van der Waals surface area contributed by atoms with E-state index in [2.05, 4.69) is 36.1 Å². The first-order valence-electron chi connectivity index (χ1n) is 6.52. The third kappa shape index (κ3) is 3.57. The van der Waals surface area contributed by atoms with Gasteiger partial charge in [0.15, 0.2) is 0 Å². The number of nitrogens with one attached hydrogen (secondary N) is 1. The van der Waals surface area contributed by atoms with Crippen LogP contribution in [0.2, 0.25) is 0 Å². The molecule has 0 radical (unpaired) electrons. The lowest BCUT2D eigenvalue weighted by atomic mass is 10.1. The SMILES string of the molecule is Cl.NC(=O)c1ncc(N2CCNCC2)cc1-c1nc(Br)cs1. The molecule has 118 valence electrons. The highest BCUT2D eigenvalue weighted by molar-refractivity contribution is 9.10. The van der Waals surface area contributed by atoms with Gasteiger partial charge in [0.2, 0.25) is 0 Å².